The Morgan fingerprint density at radius 2 is 1.65 bits per heavy atom. The number of anilines is 1. The van der Waals surface area contributed by atoms with E-state index in [9.17, 15) is 30.4 Å². The minimum atomic E-state index is -4.76. The van der Waals surface area contributed by atoms with Crippen LogP contribution in [-0.2, 0) is 16.2 Å². The van der Waals surface area contributed by atoms with E-state index in [1.54, 1.807) is 4.72 Å². The molecule has 0 atom stereocenters. The van der Waals surface area contributed by atoms with Crippen molar-refractivity contribution in [3.8, 4) is 0 Å². The molecule has 0 aliphatic heterocycles. The van der Waals surface area contributed by atoms with Crippen molar-refractivity contribution in [1.82, 2.24) is 0 Å². The molecule has 0 spiro atoms. The topological polar surface area (TPSA) is 46.2 Å². The van der Waals surface area contributed by atoms with E-state index < -0.39 is 44.0 Å². The summed E-state index contributed by atoms with van der Waals surface area (Å²) in [4.78, 5) is -0.491. The van der Waals surface area contributed by atoms with Gasteiger partial charge in [0.25, 0.3) is 10.0 Å². The zero-order valence-corrected chi connectivity index (χ0v) is 12.4. The summed E-state index contributed by atoms with van der Waals surface area (Å²) < 4.78 is 90.7. The van der Waals surface area contributed by atoms with Crippen molar-refractivity contribution in [3.63, 3.8) is 0 Å². The van der Waals surface area contributed by atoms with Gasteiger partial charge in [0.1, 0.15) is 11.6 Å². The van der Waals surface area contributed by atoms with Gasteiger partial charge < -0.3 is 0 Å². The normalized spacial score (nSPS) is 12.3. The van der Waals surface area contributed by atoms with Crippen molar-refractivity contribution < 1.29 is 30.4 Å². The van der Waals surface area contributed by atoms with Gasteiger partial charge in [-0.3, -0.25) is 4.72 Å². The Bertz CT molecular complexity index is 847. The molecule has 0 aliphatic rings. The third-order valence-corrected chi connectivity index (χ3v) is 4.49. The molecule has 3 nitrogen and oxygen atoms in total. The summed E-state index contributed by atoms with van der Waals surface area (Å²) in [5.74, 6) is -2.03. The fourth-order valence-corrected chi connectivity index (χ4v) is 3.16. The van der Waals surface area contributed by atoms with Gasteiger partial charge in [-0.15, -0.1) is 0 Å². The summed E-state index contributed by atoms with van der Waals surface area (Å²) in [6.07, 6.45) is -4.76. The Morgan fingerprint density at radius 1 is 1.00 bits per heavy atom. The van der Waals surface area contributed by atoms with E-state index >= 15 is 0 Å². The highest BCUT2D eigenvalue weighted by atomic mass is 32.2. The summed E-state index contributed by atoms with van der Waals surface area (Å²) in [5, 5.41) is 0. The first-order valence-electron chi connectivity index (χ1n) is 6.16. The number of hydrogen-bond acceptors (Lipinski definition) is 2. The van der Waals surface area contributed by atoms with E-state index in [-0.39, 0.29) is 5.56 Å². The zero-order valence-electron chi connectivity index (χ0n) is 11.6. The summed E-state index contributed by atoms with van der Waals surface area (Å²) in [5.41, 5.74) is -1.93. The molecule has 0 amide bonds. The summed E-state index contributed by atoms with van der Waals surface area (Å²) in [6, 6.07) is 4.23. The predicted molar refractivity (Wildman–Crippen MR) is 73.3 cm³/mol. The van der Waals surface area contributed by atoms with E-state index in [0.29, 0.717) is 24.3 Å². The average Bonchev–Trinajstić information content (AvgIpc) is 2.42. The van der Waals surface area contributed by atoms with E-state index in [1.165, 1.54) is 13.0 Å². The summed E-state index contributed by atoms with van der Waals surface area (Å²) in [6.45, 7) is 1.37. The van der Waals surface area contributed by atoms with Crippen molar-refractivity contribution in [2.45, 2.75) is 18.0 Å². The molecule has 2 aromatic rings. The van der Waals surface area contributed by atoms with Crippen LogP contribution in [0.5, 0.6) is 0 Å². The largest absolute Gasteiger partial charge is 0.416 e. The number of aryl methyl sites for hydroxylation is 1. The molecule has 0 saturated heterocycles. The van der Waals surface area contributed by atoms with Crippen LogP contribution in [0, 0.1) is 18.6 Å². The molecule has 0 bridgehead atoms. The predicted octanol–water partition coefficient (Wildman–Crippen LogP) is 4.09. The van der Waals surface area contributed by atoms with Gasteiger partial charge in [-0.2, -0.15) is 13.2 Å². The van der Waals surface area contributed by atoms with Crippen LogP contribution in [0.15, 0.2) is 41.3 Å². The van der Waals surface area contributed by atoms with Crippen LogP contribution in [0.4, 0.5) is 27.6 Å². The van der Waals surface area contributed by atoms with Gasteiger partial charge in [-0.05, 0) is 42.8 Å². The third-order valence-electron chi connectivity index (χ3n) is 2.98. The zero-order chi connectivity index (χ0) is 17.4. The number of alkyl halides is 3. The number of rotatable bonds is 3. The number of halogens is 5. The lowest BCUT2D eigenvalue weighted by Crippen LogP contribution is -2.16. The lowest BCUT2D eigenvalue weighted by atomic mass is 10.2. The molecule has 0 aromatic heterocycles. The minimum Gasteiger partial charge on any atom is -0.277 e. The van der Waals surface area contributed by atoms with Crippen LogP contribution in [0.3, 0.4) is 0 Å². The highest BCUT2D eigenvalue weighted by Gasteiger charge is 2.31. The molecule has 0 heterocycles. The Morgan fingerprint density at radius 3 is 2.26 bits per heavy atom. The van der Waals surface area contributed by atoms with E-state index in [0.717, 1.165) is 6.07 Å². The smallest absolute Gasteiger partial charge is 0.277 e. The summed E-state index contributed by atoms with van der Waals surface area (Å²) in [7, 11) is -4.45. The quantitative estimate of drug-likeness (QED) is 0.847. The van der Waals surface area contributed by atoms with Crippen LogP contribution >= 0.6 is 0 Å². The maximum absolute atomic E-state index is 13.6. The molecule has 124 valence electrons. The maximum atomic E-state index is 13.6. The second-order valence-electron chi connectivity index (χ2n) is 4.71. The standard InChI is InChI=1S/C14H10F5NO2S/c1-8-2-4-10(15)7-13(8)23(21,22)20-12-6-9(14(17,18)19)3-5-11(12)16/h2-7,20H,1H3. The van der Waals surface area contributed by atoms with Gasteiger partial charge in [-0.25, -0.2) is 17.2 Å². The second kappa shape index (κ2) is 5.80. The van der Waals surface area contributed by atoms with Crippen LogP contribution in [0.2, 0.25) is 0 Å². The molecule has 23 heavy (non-hydrogen) atoms. The fourth-order valence-electron chi connectivity index (χ4n) is 1.84. The molecule has 2 rings (SSSR count). The van der Waals surface area contributed by atoms with Crippen LogP contribution < -0.4 is 4.72 Å². The Labute approximate surface area is 128 Å². The molecule has 0 fully saturated rings. The number of sulfonamides is 1. The highest BCUT2D eigenvalue weighted by Crippen LogP contribution is 2.32. The number of hydrogen-bond donors (Lipinski definition) is 1. The molecule has 0 aliphatic carbocycles. The molecule has 0 radical (unpaired) electrons. The van der Waals surface area contributed by atoms with Gasteiger partial charge in [0.15, 0.2) is 0 Å². The number of nitrogens with one attached hydrogen (secondary N) is 1. The molecule has 1 N–H and O–H groups in total. The monoisotopic (exact) mass is 351 g/mol. The second-order valence-corrected chi connectivity index (χ2v) is 6.36. The molecular formula is C14H10F5NO2S. The maximum Gasteiger partial charge on any atom is 0.416 e. The van der Waals surface area contributed by atoms with Crippen molar-refractivity contribution in [2.75, 3.05) is 4.72 Å². The van der Waals surface area contributed by atoms with Crippen molar-refractivity contribution in [3.05, 3.63) is 59.2 Å². The van der Waals surface area contributed by atoms with Gasteiger partial charge in [0, 0.05) is 0 Å². The van der Waals surface area contributed by atoms with Gasteiger partial charge in [0.2, 0.25) is 0 Å². The highest BCUT2D eigenvalue weighted by molar-refractivity contribution is 7.92. The van der Waals surface area contributed by atoms with Crippen LogP contribution in [-0.4, -0.2) is 8.42 Å². The molecule has 2 aromatic carbocycles. The van der Waals surface area contributed by atoms with Gasteiger partial charge >= 0.3 is 6.18 Å². The Hall–Kier alpha value is -2.16. The molecule has 0 unspecified atom stereocenters. The van der Waals surface area contributed by atoms with E-state index in [1.807, 2.05) is 0 Å². The first kappa shape index (κ1) is 17.2. The van der Waals surface area contributed by atoms with Gasteiger partial charge in [-0.1, -0.05) is 6.07 Å². The van der Waals surface area contributed by atoms with E-state index in [4.69, 9.17) is 0 Å². The first-order chi connectivity index (χ1) is 10.5. The fraction of sp³-hybridized carbons (Fsp3) is 0.143. The van der Waals surface area contributed by atoms with Crippen molar-refractivity contribution in [2.24, 2.45) is 0 Å². The lowest BCUT2D eigenvalue weighted by molar-refractivity contribution is -0.137. The average molecular weight is 351 g/mol. The Balaban J connectivity index is 2.47. The van der Waals surface area contributed by atoms with Gasteiger partial charge in [0.05, 0.1) is 16.1 Å². The van der Waals surface area contributed by atoms with Crippen LogP contribution in [0.1, 0.15) is 11.1 Å². The number of benzene rings is 2. The van der Waals surface area contributed by atoms with Crippen molar-refractivity contribution >= 4 is 15.7 Å². The lowest BCUT2D eigenvalue weighted by Gasteiger charge is -2.13. The molecule has 0 saturated carbocycles. The van der Waals surface area contributed by atoms with Crippen molar-refractivity contribution in [1.29, 1.82) is 0 Å². The SMILES string of the molecule is Cc1ccc(F)cc1S(=O)(=O)Nc1cc(C(F)(F)F)ccc1F. The third kappa shape index (κ3) is 3.79. The van der Waals surface area contributed by atoms with E-state index in [2.05, 4.69) is 0 Å². The first-order valence-corrected chi connectivity index (χ1v) is 7.65. The molecule has 9 heteroatoms. The summed E-state index contributed by atoms with van der Waals surface area (Å²) >= 11 is 0. The molecular weight excluding hydrogens is 341 g/mol. The Kier molecular flexibility index (Phi) is 4.34. The van der Waals surface area contributed by atoms with Crippen LogP contribution in [0.25, 0.3) is 0 Å². The minimum absolute atomic E-state index is 0.159.